The number of amides is 2. The molecular weight excluding hydrogens is 383 g/mol. The van der Waals surface area contributed by atoms with Gasteiger partial charge < -0.3 is 14.5 Å². The van der Waals surface area contributed by atoms with Crippen molar-refractivity contribution in [3.63, 3.8) is 0 Å². The van der Waals surface area contributed by atoms with E-state index in [1.807, 2.05) is 31.2 Å². The van der Waals surface area contributed by atoms with Gasteiger partial charge >= 0.3 is 0 Å². The molecule has 0 radical (unpaired) electrons. The summed E-state index contributed by atoms with van der Waals surface area (Å²) in [4.78, 5) is 28.9. The molecule has 30 heavy (non-hydrogen) atoms. The first kappa shape index (κ1) is 21.8. The summed E-state index contributed by atoms with van der Waals surface area (Å²) in [7, 11) is 1.78. The molecule has 3 rings (SSSR count). The summed E-state index contributed by atoms with van der Waals surface area (Å²) >= 11 is 0. The van der Waals surface area contributed by atoms with Gasteiger partial charge in [0, 0.05) is 20.1 Å². The summed E-state index contributed by atoms with van der Waals surface area (Å²) in [6, 6.07) is 13.8. The Morgan fingerprint density at radius 2 is 1.90 bits per heavy atom. The van der Waals surface area contributed by atoms with Crippen molar-refractivity contribution in [1.29, 1.82) is 0 Å². The third-order valence-corrected chi connectivity index (χ3v) is 5.55. The number of rotatable bonds is 7. The fourth-order valence-electron chi connectivity index (χ4n) is 3.73. The van der Waals surface area contributed by atoms with E-state index in [-0.39, 0.29) is 30.0 Å². The van der Waals surface area contributed by atoms with Gasteiger partial charge in [-0.2, -0.15) is 0 Å². The third kappa shape index (κ3) is 5.81. The zero-order valence-electron chi connectivity index (χ0n) is 17.6. The van der Waals surface area contributed by atoms with Crippen LogP contribution in [0.1, 0.15) is 24.0 Å². The minimum Gasteiger partial charge on any atom is -0.491 e. The highest BCUT2D eigenvalue weighted by Gasteiger charge is 2.30. The first-order chi connectivity index (χ1) is 14.4. The van der Waals surface area contributed by atoms with E-state index in [9.17, 15) is 14.0 Å². The fraction of sp³-hybridized carbons (Fsp3) is 0.417. The van der Waals surface area contributed by atoms with Crippen molar-refractivity contribution in [2.45, 2.75) is 26.2 Å². The van der Waals surface area contributed by atoms with Crippen LogP contribution in [0.3, 0.4) is 0 Å². The van der Waals surface area contributed by atoms with Crippen LogP contribution in [0.5, 0.6) is 5.75 Å². The Morgan fingerprint density at radius 3 is 2.63 bits per heavy atom. The lowest BCUT2D eigenvalue weighted by molar-refractivity contribution is -0.140. The Kier molecular flexibility index (Phi) is 7.44. The Bertz CT molecular complexity index is 869. The summed E-state index contributed by atoms with van der Waals surface area (Å²) in [6.45, 7) is 4.00. The minimum absolute atomic E-state index is 0.0235. The molecule has 0 saturated carbocycles. The summed E-state index contributed by atoms with van der Waals surface area (Å²) in [5.41, 5.74) is 1.84. The van der Waals surface area contributed by atoms with Gasteiger partial charge in [0.05, 0.1) is 18.9 Å². The van der Waals surface area contributed by atoms with Gasteiger partial charge in [-0.1, -0.05) is 30.3 Å². The van der Waals surface area contributed by atoms with E-state index < -0.39 is 0 Å². The van der Waals surface area contributed by atoms with Crippen molar-refractivity contribution in [2.75, 3.05) is 33.3 Å². The van der Waals surface area contributed by atoms with E-state index in [2.05, 4.69) is 0 Å². The molecular formula is C24H29FN2O3. The zero-order valence-corrected chi connectivity index (χ0v) is 17.6. The number of hydrogen-bond donors (Lipinski definition) is 0. The molecule has 1 heterocycles. The first-order valence-corrected chi connectivity index (χ1v) is 10.4. The highest BCUT2D eigenvalue weighted by molar-refractivity contribution is 5.82. The topological polar surface area (TPSA) is 49.9 Å². The SMILES string of the molecule is Cc1ccccc1OCCN(C)C(=O)C1CCCN(C(=O)Cc2ccc(F)cc2)C1. The highest BCUT2D eigenvalue weighted by Crippen LogP contribution is 2.20. The van der Waals surface area contributed by atoms with Crippen LogP contribution in [-0.2, 0) is 16.0 Å². The predicted molar refractivity (Wildman–Crippen MR) is 114 cm³/mol. The first-order valence-electron chi connectivity index (χ1n) is 10.4. The minimum atomic E-state index is -0.315. The van der Waals surface area contributed by atoms with Crippen LogP contribution in [0.2, 0.25) is 0 Å². The van der Waals surface area contributed by atoms with Gasteiger partial charge in [-0.05, 0) is 49.1 Å². The molecule has 1 saturated heterocycles. The van der Waals surface area contributed by atoms with E-state index in [4.69, 9.17) is 4.74 Å². The van der Waals surface area contributed by atoms with E-state index in [1.165, 1.54) is 12.1 Å². The van der Waals surface area contributed by atoms with Gasteiger partial charge in [0.25, 0.3) is 0 Å². The molecule has 0 N–H and O–H groups in total. The number of para-hydroxylation sites is 1. The molecule has 5 nitrogen and oxygen atoms in total. The normalized spacial score (nSPS) is 16.2. The summed E-state index contributed by atoms with van der Waals surface area (Å²) in [5.74, 6) is 0.338. The molecule has 1 fully saturated rings. The summed E-state index contributed by atoms with van der Waals surface area (Å²) < 4.78 is 18.8. The predicted octanol–water partition coefficient (Wildman–Crippen LogP) is 3.45. The molecule has 6 heteroatoms. The average molecular weight is 413 g/mol. The van der Waals surface area contributed by atoms with Crippen LogP contribution in [0.4, 0.5) is 4.39 Å². The molecule has 0 aliphatic carbocycles. The second kappa shape index (κ2) is 10.2. The second-order valence-electron chi connectivity index (χ2n) is 7.86. The monoisotopic (exact) mass is 412 g/mol. The van der Waals surface area contributed by atoms with Gasteiger partial charge in [0.15, 0.2) is 0 Å². The Balaban J connectivity index is 1.48. The largest absolute Gasteiger partial charge is 0.491 e. The molecule has 2 aromatic rings. The lowest BCUT2D eigenvalue weighted by Gasteiger charge is -2.34. The average Bonchev–Trinajstić information content (AvgIpc) is 2.76. The third-order valence-electron chi connectivity index (χ3n) is 5.55. The summed E-state index contributed by atoms with van der Waals surface area (Å²) in [5, 5.41) is 0. The number of likely N-dealkylation sites (N-methyl/N-ethyl adjacent to an activating group) is 1. The van der Waals surface area contributed by atoms with E-state index >= 15 is 0 Å². The maximum absolute atomic E-state index is 13.1. The molecule has 2 aromatic carbocycles. The van der Waals surface area contributed by atoms with Gasteiger partial charge in [0.2, 0.25) is 11.8 Å². The lowest BCUT2D eigenvalue weighted by Crippen LogP contribution is -2.46. The number of carbonyl (C=O) groups excluding carboxylic acids is 2. The fourth-order valence-corrected chi connectivity index (χ4v) is 3.73. The number of nitrogens with zero attached hydrogens (tertiary/aromatic N) is 2. The van der Waals surface area contributed by atoms with Gasteiger partial charge in [-0.25, -0.2) is 4.39 Å². The molecule has 0 bridgehead atoms. The number of ether oxygens (including phenoxy) is 1. The van der Waals surface area contributed by atoms with Crippen LogP contribution >= 0.6 is 0 Å². The molecule has 1 aliphatic rings. The molecule has 1 atom stereocenters. The van der Waals surface area contributed by atoms with Crippen molar-refractivity contribution >= 4 is 11.8 Å². The Labute approximate surface area is 177 Å². The number of hydrogen-bond acceptors (Lipinski definition) is 3. The number of halogens is 1. The number of benzene rings is 2. The number of carbonyl (C=O) groups is 2. The molecule has 0 spiro atoms. The van der Waals surface area contributed by atoms with Gasteiger partial charge in [-0.15, -0.1) is 0 Å². The Hall–Kier alpha value is -2.89. The van der Waals surface area contributed by atoms with Crippen molar-refractivity contribution in [2.24, 2.45) is 5.92 Å². The molecule has 160 valence electrons. The van der Waals surface area contributed by atoms with Crippen LogP contribution in [0.25, 0.3) is 0 Å². The van der Waals surface area contributed by atoms with Crippen molar-refractivity contribution in [1.82, 2.24) is 9.80 Å². The summed E-state index contributed by atoms with van der Waals surface area (Å²) in [6.07, 6.45) is 1.81. The quantitative estimate of drug-likeness (QED) is 0.700. The van der Waals surface area contributed by atoms with Crippen molar-refractivity contribution < 1.29 is 18.7 Å². The van der Waals surface area contributed by atoms with Crippen LogP contribution in [0, 0.1) is 18.7 Å². The molecule has 1 aliphatic heterocycles. The standard InChI is InChI=1S/C24H29FN2O3/c1-18-6-3-4-8-22(18)30-15-14-26(2)24(29)20-7-5-13-27(17-20)23(28)16-19-9-11-21(25)12-10-19/h3-4,6,8-12,20H,5,7,13-17H2,1-2H3. The maximum Gasteiger partial charge on any atom is 0.227 e. The number of aryl methyl sites for hydroxylation is 1. The van der Waals surface area contributed by atoms with Gasteiger partial charge in [-0.3, -0.25) is 9.59 Å². The molecule has 0 aromatic heterocycles. The van der Waals surface area contributed by atoms with Crippen LogP contribution < -0.4 is 4.74 Å². The second-order valence-corrected chi connectivity index (χ2v) is 7.86. The number of piperidine rings is 1. The zero-order chi connectivity index (χ0) is 21.5. The lowest BCUT2D eigenvalue weighted by atomic mass is 9.96. The maximum atomic E-state index is 13.1. The van der Waals surface area contributed by atoms with E-state index in [0.29, 0.717) is 26.2 Å². The van der Waals surface area contributed by atoms with Crippen molar-refractivity contribution in [3.8, 4) is 5.75 Å². The van der Waals surface area contributed by atoms with Crippen LogP contribution in [-0.4, -0.2) is 54.9 Å². The van der Waals surface area contributed by atoms with Crippen LogP contribution in [0.15, 0.2) is 48.5 Å². The van der Waals surface area contributed by atoms with E-state index in [0.717, 1.165) is 29.7 Å². The molecule has 1 unspecified atom stereocenters. The van der Waals surface area contributed by atoms with Gasteiger partial charge in [0.1, 0.15) is 18.2 Å². The number of likely N-dealkylation sites (tertiary alicyclic amines) is 1. The smallest absolute Gasteiger partial charge is 0.227 e. The molecule has 2 amide bonds. The van der Waals surface area contributed by atoms with Crippen molar-refractivity contribution in [3.05, 3.63) is 65.5 Å². The Morgan fingerprint density at radius 1 is 1.17 bits per heavy atom. The highest BCUT2D eigenvalue weighted by atomic mass is 19.1. The van der Waals surface area contributed by atoms with E-state index in [1.54, 1.807) is 29.0 Å².